The minimum Gasteiger partial charge on any atom is -0.345 e. The van der Waals surface area contributed by atoms with E-state index in [-0.39, 0.29) is 29.8 Å². The molecule has 0 aliphatic rings. The number of allylic oxidation sites excluding steroid dienone is 1. The fraction of sp³-hybridized carbons (Fsp3) is 0.167. The van der Waals surface area contributed by atoms with Crippen molar-refractivity contribution in [3.8, 4) is 0 Å². The van der Waals surface area contributed by atoms with Crippen LogP contribution in [0.2, 0.25) is 5.02 Å². The molecule has 0 spiro atoms. The zero-order valence-electron chi connectivity index (χ0n) is 19.3. The van der Waals surface area contributed by atoms with E-state index in [1.54, 1.807) is 35.8 Å². The summed E-state index contributed by atoms with van der Waals surface area (Å²) >= 11 is 7.26. The highest BCUT2D eigenvalue weighted by atomic mass is 35.5. The SMILES string of the molecule is C=CCn1c(CNC(=O)C=Cc2ccccc2Cl)nnc1SCC(=O)Nc1ccc([N+](=O)[O-])cc1C. The molecule has 0 atom stereocenters. The fourth-order valence-electron chi connectivity index (χ4n) is 3.09. The van der Waals surface area contributed by atoms with Crippen LogP contribution in [0.3, 0.4) is 0 Å². The zero-order valence-corrected chi connectivity index (χ0v) is 20.9. The summed E-state index contributed by atoms with van der Waals surface area (Å²) in [6, 6.07) is 11.4. The van der Waals surface area contributed by atoms with Crippen LogP contribution in [-0.2, 0) is 22.7 Å². The molecule has 36 heavy (non-hydrogen) atoms. The molecule has 10 nitrogen and oxygen atoms in total. The zero-order chi connectivity index (χ0) is 26.1. The van der Waals surface area contributed by atoms with Crippen molar-refractivity contribution in [3.63, 3.8) is 0 Å². The standard InChI is InChI=1S/C24H23ClN6O4S/c1-3-12-30-21(14-26-22(32)11-8-17-6-4-5-7-19(17)25)28-29-24(30)36-15-23(33)27-20-10-9-18(31(34)35)13-16(20)2/h3-11,13H,1,12,14-15H2,2H3,(H,26,32)(H,27,33). The van der Waals surface area contributed by atoms with Crippen LogP contribution in [0.1, 0.15) is 17.0 Å². The lowest BCUT2D eigenvalue weighted by atomic mass is 10.2. The number of amides is 2. The Balaban J connectivity index is 1.58. The normalized spacial score (nSPS) is 10.8. The number of benzene rings is 2. The molecule has 0 radical (unpaired) electrons. The molecule has 2 amide bonds. The van der Waals surface area contributed by atoms with Crippen molar-refractivity contribution < 1.29 is 14.5 Å². The second-order valence-corrected chi connectivity index (χ2v) is 8.81. The number of rotatable bonds is 11. The van der Waals surface area contributed by atoms with Gasteiger partial charge in [0.25, 0.3) is 5.69 Å². The number of non-ortho nitro benzene ring substituents is 1. The molecule has 0 aliphatic heterocycles. The molecule has 0 bridgehead atoms. The fourth-order valence-corrected chi connectivity index (χ4v) is 4.05. The molecule has 0 fully saturated rings. The van der Waals surface area contributed by atoms with Gasteiger partial charge in [-0.25, -0.2) is 0 Å². The third-order valence-electron chi connectivity index (χ3n) is 4.87. The summed E-state index contributed by atoms with van der Waals surface area (Å²) < 4.78 is 1.75. The highest BCUT2D eigenvalue weighted by Gasteiger charge is 2.15. The first-order valence-electron chi connectivity index (χ1n) is 10.7. The Kier molecular flexibility index (Phi) is 9.37. The number of aromatic nitrogens is 3. The van der Waals surface area contributed by atoms with Gasteiger partial charge >= 0.3 is 0 Å². The van der Waals surface area contributed by atoms with Crippen molar-refractivity contribution >= 4 is 52.6 Å². The number of halogens is 1. The van der Waals surface area contributed by atoms with Crippen LogP contribution in [0.4, 0.5) is 11.4 Å². The number of thioether (sulfide) groups is 1. The number of anilines is 1. The van der Waals surface area contributed by atoms with Crippen LogP contribution in [0, 0.1) is 17.0 Å². The van der Waals surface area contributed by atoms with Gasteiger partial charge in [0.1, 0.15) is 0 Å². The number of hydrogen-bond donors (Lipinski definition) is 2. The third kappa shape index (κ3) is 7.27. The van der Waals surface area contributed by atoms with E-state index in [1.165, 1.54) is 36.0 Å². The van der Waals surface area contributed by atoms with E-state index >= 15 is 0 Å². The van der Waals surface area contributed by atoms with Gasteiger partial charge < -0.3 is 15.2 Å². The molecule has 0 saturated carbocycles. The third-order valence-corrected chi connectivity index (χ3v) is 6.18. The lowest BCUT2D eigenvalue weighted by molar-refractivity contribution is -0.384. The maximum Gasteiger partial charge on any atom is 0.269 e. The Hall–Kier alpha value is -3.96. The van der Waals surface area contributed by atoms with Gasteiger partial charge in [0.2, 0.25) is 11.8 Å². The monoisotopic (exact) mass is 526 g/mol. The number of carbonyl (C=O) groups excluding carboxylic acids is 2. The number of aryl methyl sites for hydroxylation is 1. The van der Waals surface area contributed by atoms with E-state index in [1.807, 2.05) is 12.1 Å². The van der Waals surface area contributed by atoms with Crippen molar-refractivity contribution in [2.75, 3.05) is 11.1 Å². The number of nitrogens with one attached hydrogen (secondary N) is 2. The summed E-state index contributed by atoms with van der Waals surface area (Å²) in [6.45, 7) is 5.94. The van der Waals surface area contributed by atoms with E-state index in [9.17, 15) is 19.7 Å². The molecular weight excluding hydrogens is 504 g/mol. The average molecular weight is 527 g/mol. The quantitative estimate of drug-likeness (QED) is 0.124. The first-order chi connectivity index (χ1) is 17.3. The van der Waals surface area contributed by atoms with Crippen LogP contribution in [0.15, 0.2) is 66.4 Å². The molecule has 0 saturated heterocycles. The minimum atomic E-state index is -0.490. The van der Waals surface area contributed by atoms with E-state index in [2.05, 4.69) is 27.4 Å². The van der Waals surface area contributed by atoms with Crippen LogP contribution in [0.5, 0.6) is 0 Å². The molecule has 2 aromatic carbocycles. The maximum atomic E-state index is 12.4. The van der Waals surface area contributed by atoms with Gasteiger partial charge in [-0.1, -0.05) is 47.6 Å². The second-order valence-electron chi connectivity index (χ2n) is 7.46. The molecule has 0 unspecified atom stereocenters. The summed E-state index contributed by atoms with van der Waals surface area (Å²) in [5.41, 5.74) is 1.76. The molecule has 1 heterocycles. The van der Waals surface area contributed by atoms with Crippen LogP contribution < -0.4 is 10.6 Å². The van der Waals surface area contributed by atoms with Crippen molar-refractivity contribution in [2.24, 2.45) is 0 Å². The van der Waals surface area contributed by atoms with Gasteiger partial charge in [-0.15, -0.1) is 16.8 Å². The summed E-state index contributed by atoms with van der Waals surface area (Å²) in [6.07, 6.45) is 4.67. The van der Waals surface area contributed by atoms with Gasteiger partial charge in [-0.05, 0) is 36.3 Å². The average Bonchev–Trinajstić information content (AvgIpc) is 3.23. The van der Waals surface area contributed by atoms with E-state index < -0.39 is 4.92 Å². The Bertz CT molecular complexity index is 1320. The number of nitro benzene ring substituents is 1. The Labute approximate surface area is 216 Å². The summed E-state index contributed by atoms with van der Waals surface area (Å²) in [5, 5.41) is 25.7. The summed E-state index contributed by atoms with van der Waals surface area (Å²) in [7, 11) is 0. The second kappa shape index (κ2) is 12.7. The number of hydrogen-bond acceptors (Lipinski definition) is 7. The molecule has 1 aromatic heterocycles. The van der Waals surface area contributed by atoms with Gasteiger partial charge in [0.15, 0.2) is 11.0 Å². The highest BCUT2D eigenvalue weighted by molar-refractivity contribution is 7.99. The number of carbonyl (C=O) groups is 2. The lowest BCUT2D eigenvalue weighted by Gasteiger charge is -2.09. The molecule has 12 heteroatoms. The first kappa shape index (κ1) is 26.6. The van der Waals surface area contributed by atoms with Gasteiger partial charge in [-0.2, -0.15) is 0 Å². The molecule has 3 rings (SSSR count). The number of nitro groups is 1. The molecule has 0 aliphatic carbocycles. The summed E-state index contributed by atoms with van der Waals surface area (Å²) in [5.74, 6) is -0.0816. The maximum absolute atomic E-state index is 12.4. The Morgan fingerprint density at radius 2 is 2.03 bits per heavy atom. The summed E-state index contributed by atoms with van der Waals surface area (Å²) in [4.78, 5) is 35.1. The van der Waals surface area contributed by atoms with Crippen LogP contribution in [-0.4, -0.2) is 37.3 Å². The predicted molar refractivity (Wildman–Crippen MR) is 140 cm³/mol. The minimum absolute atomic E-state index is 0.0403. The van der Waals surface area contributed by atoms with Gasteiger partial charge in [0, 0.05) is 35.5 Å². The number of nitrogens with zero attached hydrogens (tertiary/aromatic N) is 4. The largest absolute Gasteiger partial charge is 0.345 e. The lowest BCUT2D eigenvalue weighted by Crippen LogP contribution is -2.23. The molecule has 2 N–H and O–H groups in total. The van der Waals surface area contributed by atoms with Crippen molar-refractivity contribution in [2.45, 2.75) is 25.2 Å². The van der Waals surface area contributed by atoms with Gasteiger partial charge in [0.05, 0.1) is 17.2 Å². The predicted octanol–water partition coefficient (Wildman–Crippen LogP) is 4.39. The molecule has 3 aromatic rings. The van der Waals surface area contributed by atoms with E-state index in [0.29, 0.717) is 33.8 Å². The van der Waals surface area contributed by atoms with Crippen LogP contribution in [0.25, 0.3) is 6.08 Å². The van der Waals surface area contributed by atoms with Crippen molar-refractivity contribution in [3.05, 3.63) is 93.3 Å². The Morgan fingerprint density at radius 3 is 2.72 bits per heavy atom. The van der Waals surface area contributed by atoms with Crippen molar-refractivity contribution in [1.82, 2.24) is 20.1 Å². The van der Waals surface area contributed by atoms with Gasteiger partial charge in [-0.3, -0.25) is 19.7 Å². The first-order valence-corrected chi connectivity index (χ1v) is 12.1. The smallest absolute Gasteiger partial charge is 0.269 e. The van der Waals surface area contributed by atoms with E-state index in [0.717, 1.165) is 5.56 Å². The topological polar surface area (TPSA) is 132 Å². The highest BCUT2D eigenvalue weighted by Crippen LogP contribution is 2.23. The molecule has 186 valence electrons. The molecular formula is C24H23ClN6O4S. The van der Waals surface area contributed by atoms with Crippen molar-refractivity contribution in [1.29, 1.82) is 0 Å². The van der Waals surface area contributed by atoms with Crippen LogP contribution >= 0.6 is 23.4 Å². The van der Waals surface area contributed by atoms with E-state index in [4.69, 9.17) is 11.6 Å². The Morgan fingerprint density at radius 1 is 1.25 bits per heavy atom.